The Kier molecular flexibility index (Phi) is 5.83. The highest BCUT2D eigenvalue weighted by atomic mass is 35.5. The monoisotopic (exact) mass is 400 g/mol. The molecule has 0 aliphatic carbocycles. The van der Waals surface area contributed by atoms with E-state index in [0.29, 0.717) is 10.2 Å². The number of nitrogens with two attached hydrogens (primary N) is 1. The first kappa shape index (κ1) is 19.0. The van der Waals surface area contributed by atoms with E-state index in [1.807, 2.05) is 53.1 Å². The molecule has 0 bridgehead atoms. The quantitative estimate of drug-likeness (QED) is 0.636. The number of halogens is 1. The molecule has 0 aliphatic rings. The second-order valence-electron chi connectivity index (χ2n) is 5.69. The van der Waals surface area contributed by atoms with Gasteiger partial charge in [0.15, 0.2) is 5.16 Å². The van der Waals surface area contributed by atoms with Crippen molar-refractivity contribution in [3.05, 3.63) is 65.8 Å². The first-order chi connectivity index (χ1) is 13.0. The molecule has 0 radical (unpaired) electrons. The fourth-order valence-corrected chi connectivity index (χ4v) is 3.65. The summed E-state index contributed by atoms with van der Waals surface area (Å²) in [6.07, 6.45) is 1.74. The van der Waals surface area contributed by atoms with Gasteiger partial charge in [0, 0.05) is 5.56 Å². The zero-order chi connectivity index (χ0) is 19.4. The van der Waals surface area contributed by atoms with E-state index in [9.17, 15) is 9.59 Å². The van der Waals surface area contributed by atoms with Gasteiger partial charge in [0.2, 0.25) is 5.91 Å². The summed E-state index contributed by atoms with van der Waals surface area (Å²) in [4.78, 5) is 27.5. The smallest absolute Gasteiger partial charge is 0.318 e. The van der Waals surface area contributed by atoms with Gasteiger partial charge in [-0.2, -0.15) is 0 Å². The summed E-state index contributed by atoms with van der Waals surface area (Å²) in [5, 5.41) is 2.65. The van der Waals surface area contributed by atoms with Crippen molar-refractivity contribution >= 4 is 35.3 Å². The zero-order valence-corrected chi connectivity index (χ0v) is 16.0. The number of urea groups is 1. The molecule has 1 atom stereocenters. The number of aromatic nitrogens is 2. The number of nitrogens with one attached hydrogen (secondary N) is 1. The SMILES string of the molecule is CC(Sc1ncc(-c2ccccc2)n1-c1ccccc1Cl)C(=O)NC(N)=O. The van der Waals surface area contributed by atoms with Gasteiger partial charge in [0.05, 0.1) is 27.9 Å². The van der Waals surface area contributed by atoms with Crippen LogP contribution >= 0.6 is 23.4 Å². The van der Waals surface area contributed by atoms with E-state index in [1.54, 1.807) is 19.2 Å². The van der Waals surface area contributed by atoms with Gasteiger partial charge in [-0.15, -0.1) is 0 Å². The summed E-state index contributed by atoms with van der Waals surface area (Å²) in [5.41, 5.74) is 7.58. The van der Waals surface area contributed by atoms with Crippen LogP contribution in [0.2, 0.25) is 5.02 Å². The molecule has 8 heteroatoms. The molecule has 2 aromatic carbocycles. The Balaban J connectivity index is 2.05. The summed E-state index contributed by atoms with van der Waals surface area (Å²) < 4.78 is 1.90. The summed E-state index contributed by atoms with van der Waals surface area (Å²) in [7, 11) is 0. The average Bonchev–Trinajstić information content (AvgIpc) is 3.05. The number of carbonyl (C=O) groups is 2. The minimum atomic E-state index is -0.883. The van der Waals surface area contributed by atoms with Crippen molar-refractivity contribution in [1.82, 2.24) is 14.9 Å². The topological polar surface area (TPSA) is 90.0 Å². The van der Waals surface area contributed by atoms with Crippen LogP contribution in [0.5, 0.6) is 0 Å². The fourth-order valence-electron chi connectivity index (χ4n) is 2.53. The van der Waals surface area contributed by atoms with E-state index in [2.05, 4.69) is 10.3 Å². The summed E-state index contributed by atoms with van der Waals surface area (Å²) in [5.74, 6) is -0.484. The van der Waals surface area contributed by atoms with E-state index in [0.717, 1.165) is 16.9 Å². The number of imidazole rings is 1. The highest BCUT2D eigenvalue weighted by molar-refractivity contribution is 8.00. The molecule has 0 fully saturated rings. The highest BCUT2D eigenvalue weighted by Crippen LogP contribution is 2.34. The third-order valence-corrected chi connectivity index (χ3v) is 5.18. The number of benzene rings is 2. The van der Waals surface area contributed by atoms with Crippen LogP contribution in [0, 0.1) is 0 Å². The van der Waals surface area contributed by atoms with Crippen LogP contribution in [0.4, 0.5) is 4.79 Å². The molecule has 3 amide bonds. The average molecular weight is 401 g/mol. The molecular formula is C19H17ClN4O2S. The zero-order valence-electron chi connectivity index (χ0n) is 14.4. The fraction of sp³-hybridized carbons (Fsp3) is 0.105. The molecule has 138 valence electrons. The third-order valence-electron chi connectivity index (χ3n) is 3.79. The van der Waals surface area contributed by atoms with Crippen molar-refractivity contribution < 1.29 is 9.59 Å². The van der Waals surface area contributed by atoms with Crippen LogP contribution in [0.25, 0.3) is 16.9 Å². The van der Waals surface area contributed by atoms with Crippen molar-refractivity contribution in [2.45, 2.75) is 17.3 Å². The Hall–Kier alpha value is -2.77. The summed E-state index contributed by atoms with van der Waals surface area (Å²) in [6, 6.07) is 16.3. The lowest BCUT2D eigenvalue weighted by Crippen LogP contribution is -2.39. The molecule has 1 heterocycles. The molecule has 1 unspecified atom stereocenters. The van der Waals surface area contributed by atoms with Crippen molar-refractivity contribution in [2.75, 3.05) is 0 Å². The normalized spacial score (nSPS) is 11.8. The Morgan fingerprint density at radius 3 is 2.48 bits per heavy atom. The standard InChI is InChI=1S/C19H17ClN4O2S/c1-12(17(25)23-18(21)26)27-19-22-11-16(13-7-3-2-4-8-13)24(19)15-10-6-5-9-14(15)20/h2-12H,1H3,(H3,21,23,25,26). The van der Waals surface area contributed by atoms with Crippen molar-refractivity contribution in [1.29, 1.82) is 0 Å². The molecule has 0 spiro atoms. The molecule has 1 aromatic heterocycles. The van der Waals surface area contributed by atoms with Crippen LogP contribution < -0.4 is 11.1 Å². The largest absolute Gasteiger partial charge is 0.351 e. The van der Waals surface area contributed by atoms with E-state index >= 15 is 0 Å². The maximum absolute atomic E-state index is 12.1. The maximum Gasteiger partial charge on any atom is 0.318 e. The third kappa shape index (κ3) is 4.32. The second-order valence-corrected chi connectivity index (χ2v) is 7.41. The van der Waals surface area contributed by atoms with Crippen molar-refractivity contribution in [2.24, 2.45) is 5.73 Å². The molecule has 3 rings (SSSR count). The number of nitrogens with zero attached hydrogens (tertiary/aromatic N) is 2. The number of para-hydroxylation sites is 1. The van der Waals surface area contributed by atoms with Gasteiger partial charge >= 0.3 is 6.03 Å². The number of primary amides is 1. The molecule has 27 heavy (non-hydrogen) atoms. The highest BCUT2D eigenvalue weighted by Gasteiger charge is 2.22. The number of hydrogen-bond donors (Lipinski definition) is 2. The van der Waals surface area contributed by atoms with Crippen molar-refractivity contribution in [3.8, 4) is 16.9 Å². The lowest BCUT2D eigenvalue weighted by atomic mass is 10.1. The van der Waals surface area contributed by atoms with Gasteiger partial charge < -0.3 is 5.73 Å². The molecule has 3 aromatic rings. The van der Waals surface area contributed by atoms with Gasteiger partial charge in [-0.3, -0.25) is 14.7 Å². The van der Waals surface area contributed by atoms with E-state index in [-0.39, 0.29) is 0 Å². The predicted molar refractivity (Wildman–Crippen MR) is 107 cm³/mol. The van der Waals surface area contributed by atoms with Gasteiger partial charge in [-0.25, -0.2) is 9.78 Å². The molecule has 6 nitrogen and oxygen atoms in total. The van der Waals surface area contributed by atoms with Gasteiger partial charge in [-0.1, -0.05) is 65.8 Å². The lowest BCUT2D eigenvalue weighted by Gasteiger charge is -2.15. The van der Waals surface area contributed by atoms with Gasteiger partial charge in [-0.05, 0) is 19.1 Å². The maximum atomic E-state index is 12.1. The van der Waals surface area contributed by atoms with E-state index < -0.39 is 17.2 Å². The second kappa shape index (κ2) is 8.28. The minimum absolute atomic E-state index is 0.484. The molecule has 0 saturated heterocycles. The Morgan fingerprint density at radius 1 is 1.15 bits per heavy atom. The number of rotatable bonds is 5. The van der Waals surface area contributed by atoms with Crippen LogP contribution in [0.15, 0.2) is 66.0 Å². The number of imide groups is 1. The Bertz CT molecular complexity index is 975. The minimum Gasteiger partial charge on any atom is -0.351 e. The first-order valence-corrected chi connectivity index (χ1v) is 9.38. The Morgan fingerprint density at radius 2 is 1.81 bits per heavy atom. The Labute approximate surface area is 165 Å². The first-order valence-electron chi connectivity index (χ1n) is 8.12. The van der Waals surface area contributed by atoms with E-state index in [4.69, 9.17) is 17.3 Å². The summed E-state index contributed by atoms with van der Waals surface area (Å²) in [6.45, 7) is 1.68. The van der Waals surface area contributed by atoms with Crippen LogP contribution in [0.3, 0.4) is 0 Å². The van der Waals surface area contributed by atoms with Gasteiger partial charge in [0.25, 0.3) is 0 Å². The van der Waals surface area contributed by atoms with Crippen molar-refractivity contribution in [3.63, 3.8) is 0 Å². The molecular weight excluding hydrogens is 384 g/mol. The summed E-state index contributed by atoms with van der Waals surface area (Å²) >= 11 is 7.63. The van der Waals surface area contributed by atoms with Crippen LogP contribution in [0.1, 0.15) is 6.92 Å². The van der Waals surface area contributed by atoms with E-state index in [1.165, 1.54) is 11.8 Å². The number of thioether (sulfide) groups is 1. The number of hydrogen-bond acceptors (Lipinski definition) is 4. The predicted octanol–water partition coefficient (Wildman–Crippen LogP) is 3.87. The molecule has 0 aliphatic heterocycles. The van der Waals surface area contributed by atoms with Crippen LogP contribution in [-0.2, 0) is 4.79 Å². The molecule has 3 N–H and O–H groups in total. The lowest BCUT2D eigenvalue weighted by molar-refractivity contribution is -0.119. The molecule has 0 saturated carbocycles. The number of carbonyl (C=O) groups excluding carboxylic acids is 2. The van der Waals surface area contributed by atoms with Crippen LogP contribution in [-0.4, -0.2) is 26.7 Å². The number of amides is 3. The van der Waals surface area contributed by atoms with Gasteiger partial charge in [0.1, 0.15) is 0 Å².